The Hall–Kier alpha value is 0.270. The molecule has 0 aromatic heterocycles. The van der Waals surface area contributed by atoms with E-state index in [0.717, 1.165) is 0 Å². The van der Waals surface area contributed by atoms with Crippen LogP contribution in [-0.2, 0) is 0 Å². The third-order valence-electron chi connectivity index (χ3n) is 3.62. The Morgan fingerprint density at radius 3 is 2.81 bits per heavy atom. The van der Waals surface area contributed by atoms with Gasteiger partial charge in [-0.05, 0) is 44.5 Å². The van der Waals surface area contributed by atoms with E-state index in [2.05, 4.69) is 30.4 Å². The first-order valence-corrected chi connectivity index (χ1v) is 8.00. The second kappa shape index (κ2) is 7.57. The Balaban J connectivity index is 2.42. The van der Waals surface area contributed by atoms with Crippen LogP contribution in [0, 0.1) is 5.41 Å². The van der Waals surface area contributed by atoms with Gasteiger partial charge in [0, 0.05) is 25.4 Å². The predicted molar refractivity (Wildman–Crippen MR) is 75.3 cm³/mol. The Labute approximate surface area is 106 Å². The maximum Gasteiger partial charge on any atom is 0.00694 e. The van der Waals surface area contributed by atoms with Crippen molar-refractivity contribution in [2.75, 3.05) is 45.2 Å². The second-order valence-corrected chi connectivity index (χ2v) is 6.25. The van der Waals surface area contributed by atoms with E-state index in [1.54, 1.807) is 0 Å². The summed E-state index contributed by atoms with van der Waals surface area (Å²) in [7, 11) is 2.28. The SMILES string of the molecule is CCCC1(CN(C)CCSC)CCCNC1. The number of piperidine rings is 1. The van der Waals surface area contributed by atoms with E-state index >= 15 is 0 Å². The number of rotatable bonds is 7. The molecule has 1 saturated heterocycles. The maximum atomic E-state index is 3.59. The molecular formula is C13H28N2S. The summed E-state index contributed by atoms with van der Waals surface area (Å²) in [5.41, 5.74) is 0.556. The molecule has 0 aliphatic carbocycles. The molecule has 0 aromatic rings. The fourth-order valence-corrected chi connectivity index (χ4v) is 3.38. The van der Waals surface area contributed by atoms with Crippen LogP contribution < -0.4 is 5.32 Å². The van der Waals surface area contributed by atoms with Crippen LogP contribution >= 0.6 is 11.8 Å². The van der Waals surface area contributed by atoms with E-state index in [1.165, 1.54) is 57.6 Å². The number of nitrogens with one attached hydrogen (secondary N) is 1. The zero-order valence-electron chi connectivity index (χ0n) is 11.2. The molecule has 2 nitrogen and oxygen atoms in total. The van der Waals surface area contributed by atoms with Crippen LogP contribution in [0.2, 0.25) is 0 Å². The molecule has 1 unspecified atom stereocenters. The minimum atomic E-state index is 0.556. The van der Waals surface area contributed by atoms with Crippen molar-refractivity contribution in [1.29, 1.82) is 0 Å². The van der Waals surface area contributed by atoms with Crippen LogP contribution in [0.1, 0.15) is 32.6 Å². The molecule has 1 heterocycles. The van der Waals surface area contributed by atoms with Gasteiger partial charge in [0.05, 0.1) is 0 Å². The largest absolute Gasteiger partial charge is 0.316 e. The van der Waals surface area contributed by atoms with Gasteiger partial charge in [-0.15, -0.1) is 0 Å². The van der Waals surface area contributed by atoms with Gasteiger partial charge in [0.2, 0.25) is 0 Å². The minimum Gasteiger partial charge on any atom is -0.316 e. The number of thioether (sulfide) groups is 1. The molecule has 0 amide bonds. The first-order chi connectivity index (χ1) is 7.72. The van der Waals surface area contributed by atoms with Gasteiger partial charge in [-0.1, -0.05) is 13.3 Å². The number of hydrogen-bond acceptors (Lipinski definition) is 3. The van der Waals surface area contributed by atoms with Gasteiger partial charge in [-0.25, -0.2) is 0 Å². The van der Waals surface area contributed by atoms with Crippen LogP contribution in [0.15, 0.2) is 0 Å². The molecule has 0 saturated carbocycles. The highest BCUT2D eigenvalue weighted by molar-refractivity contribution is 7.98. The smallest absolute Gasteiger partial charge is 0.00694 e. The molecular weight excluding hydrogens is 216 g/mol. The summed E-state index contributed by atoms with van der Waals surface area (Å²) in [5.74, 6) is 1.26. The summed E-state index contributed by atoms with van der Waals surface area (Å²) in [5, 5.41) is 3.59. The lowest BCUT2D eigenvalue weighted by Crippen LogP contribution is -2.47. The molecule has 96 valence electrons. The lowest BCUT2D eigenvalue weighted by atomic mass is 9.76. The molecule has 0 aromatic carbocycles. The van der Waals surface area contributed by atoms with Crippen LogP contribution in [0.3, 0.4) is 0 Å². The molecule has 1 rings (SSSR count). The summed E-state index contributed by atoms with van der Waals surface area (Å²) < 4.78 is 0. The quantitative estimate of drug-likeness (QED) is 0.740. The van der Waals surface area contributed by atoms with Crippen molar-refractivity contribution in [1.82, 2.24) is 10.2 Å². The van der Waals surface area contributed by atoms with Gasteiger partial charge in [-0.3, -0.25) is 0 Å². The molecule has 1 aliphatic heterocycles. The molecule has 1 aliphatic rings. The zero-order valence-corrected chi connectivity index (χ0v) is 12.0. The van der Waals surface area contributed by atoms with Crippen molar-refractivity contribution < 1.29 is 0 Å². The molecule has 1 atom stereocenters. The Kier molecular flexibility index (Phi) is 6.78. The van der Waals surface area contributed by atoms with Crippen molar-refractivity contribution >= 4 is 11.8 Å². The van der Waals surface area contributed by atoms with Crippen LogP contribution in [0.25, 0.3) is 0 Å². The maximum absolute atomic E-state index is 3.59. The molecule has 16 heavy (non-hydrogen) atoms. The van der Waals surface area contributed by atoms with E-state index < -0.39 is 0 Å². The van der Waals surface area contributed by atoms with Crippen molar-refractivity contribution in [2.45, 2.75) is 32.6 Å². The lowest BCUT2D eigenvalue weighted by molar-refractivity contribution is 0.125. The third kappa shape index (κ3) is 4.64. The average Bonchev–Trinajstić information content (AvgIpc) is 2.28. The van der Waals surface area contributed by atoms with Gasteiger partial charge < -0.3 is 10.2 Å². The summed E-state index contributed by atoms with van der Waals surface area (Å²) in [6, 6.07) is 0. The Morgan fingerprint density at radius 2 is 2.25 bits per heavy atom. The first-order valence-electron chi connectivity index (χ1n) is 6.61. The fourth-order valence-electron chi connectivity index (χ4n) is 2.89. The third-order valence-corrected chi connectivity index (χ3v) is 4.21. The summed E-state index contributed by atoms with van der Waals surface area (Å²) in [6.07, 6.45) is 7.66. The van der Waals surface area contributed by atoms with Crippen molar-refractivity contribution in [2.24, 2.45) is 5.41 Å². The normalized spacial score (nSPS) is 26.2. The fraction of sp³-hybridized carbons (Fsp3) is 1.00. The first kappa shape index (κ1) is 14.3. The lowest BCUT2D eigenvalue weighted by Gasteiger charge is -2.40. The van der Waals surface area contributed by atoms with E-state index in [0.29, 0.717) is 5.41 Å². The predicted octanol–water partition coefficient (Wildman–Crippen LogP) is 2.45. The molecule has 0 radical (unpaired) electrons. The minimum absolute atomic E-state index is 0.556. The van der Waals surface area contributed by atoms with Gasteiger partial charge in [0.25, 0.3) is 0 Å². The van der Waals surface area contributed by atoms with Crippen molar-refractivity contribution in [3.05, 3.63) is 0 Å². The average molecular weight is 244 g/mol. The van der Waals surface area contributed by atoms with E-state index in [-0.39, 0.29) is 0 Å². The van der Waals surface area contributed by atoms with E-state index in [9.17, 15) is 0 Å². The van der Waals surface area contributed by atoms with Crippen molar-refractivity contribution in [3.8, 4) is 0 Å². The standard InChI is InChI=1S/C13H28N2S/c1-4-6-13(7-5-8-14-11-13)12-15(2)9-10-16-3/h14H,4-12H2,1-3H3. The van der Waals surface area contributed by atoms with Crippen LogP contribution in [0.5, 0.6) is 0 Å². The molecule has 0 bridgehead atoms. The highest BCUT2D eigenvalue weighted by Gasteiger charge is 2.31. The Bertz CT molecular complexity index is 173. The van der Waals surface area contributed by atoms with E-state index in [4.69, 9.17) is 0 Å². The van der Waals surface area contributed by atoms with Crippen LogP contribution in [-0.4, -0.2) is 50.1 Å². The second-order valence-electron chi connectivity index (χ2n) is 5.26. The monoisotopic (exact) mass is 244 g/mol. The highest BCUT2D eigenvalue weighted by Crippen LogP contribution is 2.32. The Morgan fingerprint density at radius 1 is 1.44 bits per heavy atom. The van der Waals surface area contributed by atoms with Gasteiger partial charge in [0.1, 0.15) is 0 Å². The molecule has 1 fully saturated rings. The topological polar surface area (TPSA) is 15.3 Å². The van der Waals surface area contributed by atoms with Gasteiger partial charge in [0.15, 0.2) is 0 Å². The summed E-state index contributed by atoms with van der Waals surface area (Å²) in [4.78, 5) is 2.53. The highest BCUT2D eigenvalue weighted by atomic mass is 32.2. The molecule has 3 heteroatoms. The molecule has 0 spiro atoms. The van der Waals surface area contributed by atoms with Crippen molar-refractivity contribution in [3.63, 3.8) is 0 Å². The summed E-state index contributed by atoms with van der Waals surface area (Å²) in [6.45, 7) is 7.27. The summed E-state index contributed by atoms with van der Waals surface area (Å²) >= 11 is 1.95. The molecule has 1 N–H and O–H groups in total. The zero-order chi connectivity index (χ0) is 11.9. The van der Waals surface area contributed by atoms with E-state index in [1.807, 2.05) is 11.8 Å². The van der Waals surface area contributed by atoms with Gasteiger partial charge >= 0.3 is 0 Å². The van der Waals surface area contributed by atoms with Gasteiger partial charge in [-0.2, -0.15) is 11.8 Å². The van der Waals surface area contributed by atoms with Crippen LogP contribution in [0.4, 0.5) is 0 Å². The number of hydrogen-bond donors (Lipinski definition) is 1. The number of nitrogens with zero attached hydrogens (tertiary/aromatic N) is 1.